The number of nitrogens with zero attached hydrogens (tertiary/aromatic N) is 2. The Hall–Kier alpha value is -2.64. The van der Waals surface area contributed by atoms with Crippen LogP contribution in [0.2, 0.25) is 0 Å². The molecule has 0 aromatic heterocycles. The number of hydrogen-bond donors (Lipinski definition) is 3. The van der Waals surface area contributed by atoms with Crippen LogP contribution in [-0.4, -0.2) is 52.6 Å². The van der Waals surface area contributed by atoms with Gasteiger partial charge < -0.3 is 25.5 Å². The van der Waals surface area contributed by atoms with Gasteiger partial charge in [-0.3, -0.25) is 4.79 Å². The predicted molar refractivity (Wildman–Crippen MR) is 121 cm³/mol. The maximum Gasteiger partial charge on any atom is 0.258 e. The monoisotopic (exact) mass is 442 g/mol. The first-order chi connectivity index (χ1) is 14.9. The van der Waals surface area contributed by atoms with Gasteiger partial charge >= 0.3 is 0 Å². The largest absolute Gasteiger partial charge is 0.487 e. The van der Waals surface area contributed by atoms with Gasteiger partial charge in [-0.25, -0.2) is 4.99 Å². The minimum Gasteiger partial charge on any atom is -0.487 e. The zero-order chi connectivity index (χ0) is 22.1. The molecule has 1 saturated heterocycles. The highest BCUT2D eigenvalue weighted by Crippen LogP contribution is 2.30. The average molecular weight is 443 g/mol. The van der Waals surface area contributed by atoms with Crippen molar-refractivity contribution in [1.29, 1.82) is 5.41 Å². The first-order valence-electron chi connectivity index (χ1n) is 10.6. The summed E-state index contributed by atoms with van der Waals surface area (Å²) < 4.78 is 6.01. The van der Waals surface area contributed by atoms with Crippen molar-refractivity contribution >= 4 is 28.9 Å². The number of amides is 1. The van der Waals surface area contributed by atoms with E-state index in [9.17, 15) is 9.90 Å². The number of hydrogen-bond acceptors (Lipinski definition) is 6. The van der Waals surface area contributed by atoms with Gasteiger partial charge in [-0.15, -0.1) is 0 Å². The Morgan fingerprint density at radius 1 is 1.35 bits per heavy atom. The quantitative estimate of drug-likeness (QED) is 0.663. The molecule has 7 nitrogen and oxygen atoms in total. The summed E-state index contributed by atoms with van der Waals surface area (Å²) in [7, 11) is 0. The smallest absolute Gasteiger partial charge is 0.258 e. The van der Waals surface area contributed by atoms with E-state index in [0.717, 1.165) is 25.0 Å². The molecule has 1 saturated carbocycles. The van der Waals surface area contributed by atoms with Gasteiger partial charge in [0.05, 0.1) is 41.2 Å². The number of aliphatic hydroxyl groups is 1. The molecule has 4 rings (SSSR count). The SMILES string of the molecule is CCC1=C(Cl)C(C)=N/C(=C2\CN(C(=O)c3ccccc3O[C@H]3CCC[C@@H]3O)CC2=N)N1. The molecule has 3 N–H and O–H groups in total. The van der Waals surface area contributed by atoms with Gasteiger partial charge in [-0.1, -0.05) is 30.7 Å². The van der Waals surface area contributed by atoms with Crippen LogP contribution >= 0.6 is 11.6 Å². The standard InChI is InChI=1S/C23H27ClN4O3/c1-3-17-21(24)13(2)26-22(27-17)15-11-28(12-16(15)25)23(30)14-7-4-5-9-19(14)31-20-10-6-8-18(20)29/h4-5,7,9,18,20,25,27,29H,3,6,8,10-12H2,1-2H3/b22-15-,25-16?/t18-,20-/m0/s1. The lowest BCUT2D eigenvalue weighted by atomic mass is 10.1. The number of rotatable bonds is 4. The van der Waals surface area contributed by atoms with E-state index in [-0.39, 0.29) is 25.1 Å². The minimum absolute atomic E-state index is 0.202. The number of aliphatic hydroxyl groups excluding tert-OH is 1. The van der Waals surface area contributed by atoms with Crippen LogP contribution in [0, 0.1) is 5.41 Å². The molecule has 0 radical (unpaired) electrons. The van der Waals surface area contributed by atoms with Crippen molar-refractivity contribution in [3.63, 3.8) is 0 Å². The van der Waals surface area contributed by atoms with Crippen LogP contribution in [-0.2, 0) is 0 Å². The molecule has 1 aromatic carbocycles. The minimum atomic E-state index is -0.509. The van der Waals surface area contributed by atoms with Crippen LogP contribution in [0.3, 0.4) is 0 Å². The summed E-state index contributed by atoms with van der Waals surface area (Å²) in [6.07, 6.45) is 2.31. The second-order valence-corrected chi connectivity index (χ2v) is 8.46. The lowest BCUT2D eigenvalue weighted by molar-refractivity contribution is 0.0580. The number of carbonyl (C=O) groups excluding carboxylic acids is 1. The summed E-state index contributed by atoms with van der Waals surface area (Å²) in [6.45, 7) is 4.32. The van der Waals surface area contributed by atoms with Crippen molar-refractivity contribution in [2.75, 3.05) is 13.1 Å². The molecule has 0 unspecified atom stereocenters. The highest BCUT2D eigenvalue weighted by Gasteiger charge is 2.33. The third kappa shape index (κ3) is 4.25. The van der Waals surface area contributed by atoms with E-state index in [1.807, 2.05) is 19.9 Å². The number of aliphatic imine (C=N–C) groups is 1. The van der Waals surface area contributed by atoms with E-state index >= 15 is 0 Å². The van der Waals surface area contributed by atoms with E-state index in [0.29, 0.717) is 45.6 Å². The van der Waals surface area contributed by atoms with Gasteiger partial charge in [-0.2, -0.15) is 0 Å². The van der Waals surface area contributed by atoms with Gasteiger partial charge in [0.25, 0.3) is 5.91 Å². The molecule has 0 spiro atoms. The van der Waals surface area contributed by atoms with Crippen molar-refractivity contribution in [3.8, 4) is 5.75 Å². The molecular weight excluding hydrogens is 416 g/mol. The molecule has 1 amide bonds. The normalized spacial score (nSPS) is 26.3. The van der Waals surface area contributed by atoms with Crippen molar-refractivity contribution in [1.82, 2.24) is 10.2 Å². The Kier molecular flexibility index (Phi) is 6.16. The summed E-state index contributed by atoms with van der Waals surface area (Å²) in [5.74, 6) is 0.848. The Bertz CT molecular complexity index is 1010. The lowest BCUT2D eigenvalue weighted by Crippen LogP contribution is -2.31. The molecule has 2 atom stereocenters. The van der Waals surface area contributed by atoms with Gasteiger partial charge in [0.2, 0.25) is 0 Å². The first kappa shape index (κ1) is 21.6. The molecule has 3 aliphatic rings. The van der Waals surface area contributed by atoms with Crippen LogP contribution in [0.5, 0.6) is 5.75 Å². The number of allylic oxidation sites excluding steroid dienone is 2. The van der Waals surface area contributed by atoms with Crippen molar-refractivity contribution in [2.45, 2.75) is 51.7 Å². The fraction of sp³-hybridized carbons (Fsp3) is 0.435. The molecular formula is C23H27ClN4O3. The fourth-order valence-corrected chi connectivity index (χ4v) is 4.38. The van der Waals surface area contributed by atoms with Crippen molar-refractivity contribution < 1.29 is 14.6 Å². The summed E-state index contributed by atoms with van der Waals surface area (Å²) in [4.78, 5) is 19.5. The molecule has 1 aromatic rings. The Balaban J connectivity index is 1.56. The first-order valence-corrected chi connectivity index (χ1v) is 11.0. The molecule has 2 aliphatic heterocycles. The van der Waals surface area contributed by atoms with Crippen LogP contribution in [0.15, 0.2) is 51.4 Å². The Labute approximate surface area is 187 Å². The van der Waals surface area contributed by atoms with Crippen LogP contribution < -0.4 is 10.1 Å². The number of carbonyl (C=O) groups is 1. The van der Waals surface area contributed by atoms with Crippen LogP contribution in [0.4, 0.5) is 0 Å². The summed E-state index contributed by atoms with van der Waals surface area (Å²) in [6, 6.07) is 7.10. The number of likely N-dealkylation sites (tertiary alicyclic amines) is 1. The lowest BCUT2D eigenvalue weighted by Gasteiger charge is -2.22. The Morgan fingerprint density at radius 3 is 2.84 bits per heavy atom. The highest BCUT2D eigenvalue weighted by atomic mass is 35.5. The van der Waals surface area contributed by atoms with Crippen LogP contribution in [0.25, 0.3) is 0 Å². The van der Waals surface area contributed by atoms with Crippen molar-refractivity contribution in [2.24, 2.45) is 4.99 Å². The number of nitrogens with one attached hydrogen (secondary N) is 2. The third-order valence-electron chi connectivity index (χ3n) is 5.93. The van der Waals surface area contributed by atoms with E-state index in [1.165, 1.54) is 0 Å². The molecule has 31 heavy (non-hydrogen) atoms. The molecule has 0 bridgehead atoms. The predicted octanol–water partition coefficient (Wildman–Crippen LogP) is 3.59. The summed E-state index contributed by atoms with van der Waals surface area (Å²) >= 11 is 6.31. The molecule has 2 fully saturated rings. The number of halogens is 1. The van der Waals surface area contributed by atoms with E-state index in [4.69, 9.17) is 21.7 Å². The maximum atomic E-state index is 13.3. The van der Waals surface area contributed by atoms with E-state index in [2.05, 4.69) is 10.3 Å². The van der Waals surface area contributed by atoms with Crippen LogP contribution in [0.1, 0.15) is 49.9 Å². The van der Waals surface area contributed by atoms with Crippen molar-refractivity contribution in [3.05, 3.63) is 52.0 Å². The van der Waals surface area contributed by atoms with Gasteiger partial charge in [-0.05, 0) is 44.7 Å². The average Bonchev–Trinajstić information content (AvgIpc) is 3.35. The summed E-state index contributed by atoms with van der Waals surface area (Å²) in [5, 5.41) is 22.4. The zero-order valence-corrected chi connectivity index (χ0v) is 18.5. The second kappa shape index (κ2) is 8.85. The number of ether oxygens (including phenoxy) is 1. The maximum absolute atomic E-state index is 13.3. The number of benzene rings is 1. The number of para-hydroxylation sites is 1. The van der Waals surface area contributed by atoms with Gasteiger partial charge in [0.15, 0.2) is 0 Å². The fourth-order valence-electron chi connectivity index (χ4n) is 4.16. The van der Waals surface area contributed by atoms with Gasteiger partial charge in [0, 0.05) is 11.3 Å². The second-order valence-electron chi connectivity index (χ2n) is 8.09. The molecule has 1 aliphatic carbocycles. The Morgan fingerprint density at radius 2 is 2.13 bits per heavy atom. The molecule has 2 heterocycles. The van der Waals surface area contributed by atoms with E-state index < -0.39 is 6.10 Å². The highest BCUT2D eigenvalue weighted by molar-refractivity contribution is 6.43. The zero-order valence-electron chi connectivity index (χ0n) is 17.7. The van der Waals surface area contributed by atoms with Gasteiger partial charge in [0.1, 0.15) is 17.7 Å². The molecule has 8 heteroatoms. The molecule has 164 valence electrons. The summed E-state index contributed by atoms with van der Waals surface area (Å²) in [5.41, 5.74) is 3.04. The third-order valence-corrected chi connectivity index (χ3v) is 6.44. The van der Waals surface area contributed by atoms with E-state index in [1.54, 1.807) is 23.1 Å². The topological polar surface area (TPSA) is 98.0 Å².